The molecule has 1 aliphatic heterocycles. The van der Waals surface area contributed by atoms with Crippen LogP contribution < -0.4 is 9.67 Å². The summed E-state index contributed by atoms with van der Waals surface area (Å²) in [6.07, 6.45) is 3.91. The van der Waals surface area contributed by atoms with Gasteiger partial charge < -0.3 is 5.11 Å². The molecule has 7 nitrogen and oxygen atoms in total. The molecule has 0 unspecified atom stereocenters. The fourth-order valence-corrected chi connectivity index (χ4v) is 4.12. The van der Waals surface area contributed by atoms with Crippen molar-refractivity contribution in [3.63, 3.8) is 0 Å². The number of aryl methyl sites for hydroxylation is 2. The highest BCUT2D eigenvalue weighted by atomic mass is 35.5. The SMILES string of the molecule is CCc1nn(-c2ccc(Cl)cc2)c([O-])c1C1=C([n+]2cccc(C)c2)C(=O)N(CC(C)C)C1=O. The van der Waals surface area contributed by atoms with Crippen LogP contribution in [0.1, 0.15) is 37.6 Å². The van der Waals surface area contributed by atoms with Gasteiger partial charge in [0.2, 0.25) is 0 Å². The third-order valence-electron chi connectivity index (χ3n) is 5.47. The van der Waals surface area contributed by atoms with Crippen LogP contribution >= 0.6 is 11.6 Å². The van der Waals surface area contributed by atoms with E-state index in [1.165, 1.54) is 9.58 Å². The fraction of sp³-hybridized carbons (Fsp3) is 0.280. The monoisotopic (exact) mass is 464 g/mol. The molecule has 0 N–H and O–H groups in total. The first kappa shape index (κ1) is 22.7. The first-order valence-corrected chi connectivity index (χ1v) is 11.2. The van der Waals surface area contributed by atoms with E-state index in [2.05, 4.69) is 5.10 Å². The molecular weight excluding hydrogens is 440 g/mol. The van der Waals surface area contributed by atoms with E-state index in [1.54, 1.807) is 47.3 Å². The predicted octanol–water partition coefficient (Wildman–Crippen LogP) is 3.15. The maximum Gasteiger partial charge on any atom is 0.326 e. The van der Waals surface area contributed by atoms with Gasteiger partial charge in [-0.1, -0.05) is 32.4 Å². The number of rotatable bonds is 6. The van der Waals surface area contributed by atoms with Crippen LogP contribution in [-0.4, -0.2) is 33.0 Å². The predicted molar refractivity (Wildman–Crippen MR) is 123 cm³/mol. The zero-order chi connectivity index (χ0) is 23.9. The molecule has 3 aromatic rings. The minimum absolute atomic E-state index is 0.0789. The van der Waals surface area contributed by atoms with Crippen LogP contribution in [0, 0.1) is 12.8 Å². The molecule has 2 aromatic heterocycles. The summed E-state index contributed by atoms with van der Waals surface area (Å²) in [4.78, 5) is 28.3. The summed E-state index contributed by atoms with van der Waals surface area (Å²) in [5, 5.41) is 18.6. The highest BCUT2D eigenvalue weighted by Gasteiger charge is 2.46. The van der Waals surface area contributed by atoms with Crippen molar-refractivity contribution in [3.05, 3.63) is 70.6 Å². The number of nitrogens with zero attached hydrogens (tertiary/aromatic N) is 4. The molecule has 1 aromatic carbocycles. The van der Waals surface area contributed by atoms with Crippen LogP contribution in [0.4, 0.5) is 0 Å². The second kappa shape index (κ2) is 8.83. The number of pyridine rings is 1. The second-order valence-electron chi connectivity index (χ2n) is 8.50. The highest BCUT2D eigenvalue weighted by Crippen LogP contribution is 2.37. The zero-order valence-corrected chi connectivity index (χ0v) is 19.8. The molecule has 33 heavy (non-hydrogen) atoms. The Labute approximate surface area is 197 Å². The fourth-order valence-electron chi connectivity index (χ4n) is 3.99. The molecule has 0 fully saturated rings. The van der Waals surface area contributed by atoms with Crippen molar-refractivity contribution >= 4 is 34.7 Å². The summed E-state index contributed by atoms with van der Waals surface area (Å²) in [7, 11) is 0. The Morgan fingerprint density at radius 3 is 2.42 bits per heavy atom. The van der Waals surface area contributed by atoms with Gasteiger partial charge in [0, 0.05) is 28.8 Å². The summed E-state index contributed by atoms with van der Waals surface area (Å²) in [5.41, 5.74) is 2.35. The summed E-state index contributed by atoms with van der Waals surface area (Å²) in [5.74, 6) is -1.25. The van der Waals surface area contributed by atoms with Gasteiger partial charge in [0.15, 0.2) is 12.4 Å². The molecule has 170 valence electrons. The molecule has 0 aliphatic carbocycles. The van der Waals surface area contributed by atoms with Gasteiger partial charge in [-0.15, -0.1) is 0 Å². The van der Waals surface area contributed by atoms with E-state index in [4.69, 9.17) is 11.6 Å². The van der Waals surface area contributed by atoms with Gasteiger partial charge in [0.25, 0.3) is 11.6 Å². The van der Waals surface area contributed by atoms with Gasteiger partial charge >= 0.3 is 5.91 Å². The number of hydrogen-bond acceptors (Lipinski definition) is 4. The van der Waals surface area contributed by atoms with Gasteiger partial charge in [0.05, 0.1) is 11.4 Å². The van der Waals surface area contributed by atoms with Crippen LogP contribution in [0.25, 0.3) is 17.0 Å². The van der Waals surface area contributed by atoms with E-state index >= 15 is 0 Å². The van der Waals surface area contributed by atoms with E-state index in [0.29, 0.717) is 22.8 Å². The Balaban J connectivity index is 1.98. The van der Waals surface area contributed by atoms with E-state index in [-0.39, 0.29) is 29.3 Å². The van der Waals surface area contributed by atoms with Gasteiger partial charge in [0.1, 0.15) is 5.57 Å². The molecular formula is C25H25ClN4O3. The molecule has 0 radical (unpaired) electrons. The molecule has 0 bridgehead atoms. The van der Waals surface area contributed by atoms with Gasteiger partial charge in [-0.25, -0.2) is 4.68 Å². The van der Waals surface area contributed by atoms with Crippen molar-refractivity contribution < 1.29 is 19.3 Å². The molecule has 2 amide bonds. The van der Waals surface area contributed by atoms with Crippen LogP contribution in [0.5, 0.6) is 5.88 Å². The smallest absolute Gasteiger partial charge is 0.326 e. The topological polar surface area (TPSA) is 82.1 Å². The molecule has 0 atom stereocenters. The lowest BCUT2D eigenvalue weighted by molar-refractivity contribution is -0.577. The van der Waals surface area contributed by atoms with E-state index in [9.17, 15) is 14.7 Å². The Bertz CT molecular complexity index is 1280. The van der Waals surface area contributed by atoms with Gasteiger partial charge in [-0.05, 0) is 55.5 Å². The molecule has 8 heteroatoms. The van der Waals surface area contributed by atoms with Gasteiger partial charge in [-0.3, -0.25) is 14.5 Å². The molecule has 3 heterocycles. The van der Waals surface area contributed by atoms with Crippen LogP contribution in [0.3, 0.4) is 0 Å². The average molecular weight is 465 g/mol. The standard InChI is InChI=1S/C25H25ClN4O3/c1-5-19-20(24(32)30(27-19)18-10-8-17(26)9-11-18)21-22(28-12-6-7-16(4)14-28)25(33)29(23(21)31)13-15(2)3/h6-12,14-15H,5,13H2,1-4H3. The molecule has 1 aliphatic rings. The number of carbonyl (C=O) groups excluding carboxylic acids is 2. The Morgan fingerprint density at radius 2 is 1.82 bits per heavy atom. The van der Waals surface area contributed by atoms with Crippen molar-refractivity contribution in [2.45, 2.75) is 34.1 Å². The van der Waals surface area contributed by atoms with Crippen molar-refractivity contribution in [2.24, 2.45) is 5.92 Å². The van der Waals surface area contributed by atoms with Gasteiger partial charge in [-0.2, -0.15) is 9.67 Å². The number of imide groups is 1. The Morgan fingerprint density at radius 1 is 1.12 bits per heavy atom. The number of halogens is 1. The van der Waals surface area contributed by atoms with Crippen molar-refractivity contribution in [1.29, 1.82) is 0 Å². The number of hydrogen-bond donors (Lipinski definition) is 0. The molecule has 0 saturated heterocycles. The highest BCUT2D eigenvalue weighted by molar-refractivity contribution is 6.45. The first-order chi connectivity index (χ1) is 15.7. The first-order valence-electron chi connectivity index (χ1n) is 10.9. The van der Waals surface area contributed by atoms with Crippen molar-refractivity contribution in [1.82, 2.24) is 14.7 Å². The molecule has 0 spiro atoms. The minimum atomic E-state index is -0.472. The maximum atomic E-state index is 13.6. The van der Waals surface area contributed by atoms with Crippen molar-refractivity contribution in [2.75, 3.05) is 6.54 Å². The Kier molecular flexibility index (Phi) is 6.08. The summed E-state index contributed by atoms with van der Waals surface area (Å²) < 4.78 is 2.89. The van der Waals surface area contributed by atoms with Crippen LogP contribution in [-0.2, 0) is 16.0 Å². The number of benzene rings is 1. The average Bonchev–Trinajstić information content (AvgIpc) is 3.22. The Hall–Kier alpha value is -3.45. The number of carbonyl (C=O) groups is 2. The number of aromatic nitrogens is 3. The lowest BCUT2D eigenvalue weighted by atomic mass is 10.0. The normalized spacial score (nSPS) is 14.2. The van der Waals surface area contributed by atoms with Crippen LogP contribution in [0.2, 0.25) is 5.02 Å². The largest absolute Gasteiger partial charge is 0.858 e. The molecule has 0 saturated carbocycles. The van der Waals surface area contributed by atoms with Crippen LogP contribution in [0.15, 0.2) is 48.8 Å². The van der Waals surface area contributed by atoms with E-state index in [0.717, 1.165) is 5.56 Å². The second-order valence-corrected chi connectivity index (χ2v) is 8.93. The quantitative estimate of drug-likeness (QED) is 0.414. The van der Waals surface area contributed by atoms with E-state index < -0.39 is 17.7 Å². The minimum Gasteiger partial charge on any atom is -0.858 e. The zero-order valence-electron chi connectivity index (χ0n) is 19.0. The molecule has 4 rings (SSSR count). The lowest BCUT2D eigenvalue weighted by Crippen LogP contribution is -2.41. The summed E-state index contributed by atoms with van der Waals surface area (Å²) >= 11 is 5.99. The number of amides is 2. The lowest BCUT2D eigenvalue weighted by Gasteiger charge is -2.17. The summed E-state index contributed by atoms with van der Waals surface area (Å²) in [6, 6.07) is 10.4. The van der Waals surface area contributed by atoms with E-state index in [1.807, 2.05) is 33.8 Å². The third-order valence-corrected chi connectivity index (χ3v) is 5.72. The maximum absolute atomic E-state index is 13.6. The van der Waals surface area contributed by atoms with Crippen molar-refractivity contribution in [3.8, 4) is 11.6 Å². The summed E-state index contributed by atoms with van der Waals surface area (Å²) in [6.45, 7) is 7.90. The third kappa shape index (κ3) is 4.04.